The number of aromatic nitrogens is 2. The van der Waals surface area contributed by atoms with Crippen LogP contribution < -0.4 is 5.32 Å². The van der Waals surface area contributed by atoms with E-state index in [1.165, 1.54) is 30.5 Å². The van der Waals surface area contributed by atoms with Crippen LogP contribution in [-0.4, -0.2) is 46.4 Å². The summed E-state index contributed by atoms with van der Waals surface area (Å²) in [7, 11) is -3.48. The van der Waals surface area contributed by atoms with Gasteiger partial charge in [0.15, 0.2) is 9.84 Å². The second-order valence-corrected chi connectivity index (χ2v) is 13.2. The zero-order valence-electron chi connectivity index (χ0n) is 19.1. The first-order valence-corrected chi connectivity index (χ1v) is 13.8. The number of amides is 1. The summed E-state index contributed by atoms with van der Waals surface area (Å²) in [6, 6.07) is 7.82. The highest BCUT2D eigenvalue weighted by Gasteiger charge is 2.49. The summed E-state index contributed by atoms with van der Waals surface area (Å²) in [5, 5.41) is 16.4. The van der Waals surface area contributed by atoms with Crippen molar-refractivity contribution in [1.82, 2.24) is 15.1 Å². The lowest BCUT2D eigenvalue weighted by Gasteiger charge is -2.37. The molecule has 2 fully saturated rings. The van der Waals surface area contributed by atoms with Gasteiger partial charge in [-0.3, -0.25) is 9.48 Å². The molecule has 4 rings (SSSR count). The van der Waals surface area contributed by atoms with Gasteiger partial charge in [-0.1, -0.05) is 12.1 Å². The Morgan fingerprint density at radius 2 is 1.89 bits per heavy atom. The minimum absolute atomic E-state index is 0.0344. The number of sulfone groups is 1. The Balaban J connectivity index is 1.76. The topological polar surface area (TPSA) is 105 Å². The summed E-state index contributed by atoms with van der Waals surface area (Å²) in [4.78, 5) is 13.3. The van der Waals surface area contributed by atoms with Crippen molar-refractivity contribution in [2.24, 2.45) is 5.92 Å². The molecule has 194 valence electrons. The van der Waals surface area contributed by atoms with Gasteiger partial charge in [0.25, 0.3) is 0 Å². The molecule has 1 amide bonds. The fraction of sp³-hybridized carbons (Fsp3) is 0.522. The first kappa shape index (κ1) is 26.8. The molecule has 1 aromatic carbocycles. The normalized spacial score (nSPS) is 23.0. The molecular formula is C23H23Cl2F3N4O3S. The SMILES string of the molecule is CS(=O)(=O)c1ccc(-c2cn(CC(F)(F)F)nc2C2CCC(Cl)(Cl)CC2C(=O)NC2(C#N)CC2)cc1. The van der Waals surface area contributed by atoms with E-state index in [-0.39, 0.29) is 29.9 Å². The summed E-state index contributed by atoms with van der Waals surface area (Å²) in [6.45, 7) is -1.34. The lowest BCUT2D eigenvalue weighted by molar-refractivity contribution is -0.142. The number of hydrogen-bond donors (Lipinski definition) is 1. The van der Waals surface area contributed by atoms with Crippen LogP contribution in [0.3, 0.4) is 0 Å². The maximum Gasteiger partial charge on any atom is 0.408 e. The molecule has 2 unspecified atom stereocenters. The number of nitrogens with one attached hydrogen (secondary N) is 1. The van der Waals surface area contributed by atoms with Crippen LogP contribution in [0.5, 0.6) is 0 Å². The quantitative estimate of drug-likeness (QED) is 0.511. The number of rotatable bonds is 6. The van der Waals surface area contributed by atoms with Crippen molar-refractivity contribution in [3.8, 4) is 17.2 Å². The van der Waals surface area contributed by atoms with Crippen LogP contribution in [0.1, 0.15) is 43.7 Å². The summed E-state index contributed by atoms with van der Waals surface area (Å²) in [5.74, 6) is -1.90. The maximum atomic E-state index is 13.3. The molecule has 1 aromatic heterocycles. The zero-order chi connectivity index (χ0) is 26.5. The van der Waals surface area contributed by atoms with Crippen molar-refractivity contribution in [2.75, 3.05) is 6.26 Å². The number of carbonyl (C=O) groups excluding carboxylic acids is 1. The van der Waals surface area contributed by atoms with Crippen LogP contribution in [0.4, 0.5) is 13.2 Å². The second kappa shape index (κ2) is 9.23. The number of hydrogen-bond acceptors (Lipinski definition) is 5. The van der Waals surface area contributed by atoms with Crippen molar-refractivity contribution < 1.29 is 26.4 Å². The lowest BCUT2D eigenvalue weighted by atomic mass is 9.75. The van der Waals surface area contributed by atoms with Gasteiger partial charge in [0.05, 0.1) is 16.7 Å². The zero-order valence-corrected chi connectivity index (χ0v) is 21.5. The average Bonchev–Trinajstić information content (AvgIpc) is 3.42. The first-order chi connectivity index (χ1) is 16.6. The summed E-state index contributed by atoms with van der Waals surface area (Å²) in [5.41, 5.74) is 0.118. The molecule has 36 heavy (non-hydrogen) atoms. The van der Waals surface area contributed by atoms with E-state index in [1.54, 1.807) is 0 Å². The van der Waals surface area contributed by atoms with E-state index in [1.807, 2.05) is 0 Å². The van der Waals surface area contributed by atoms with Gasteiger partial charge in [0, 0.05) is 29.9 Å². The van der Waals surface area contributed by atoms with Gasteiger partial charge in [-0.25, -0.2) is 8.42 Å². The van der Waals surface area contributed by atoms with Crippen LogP contribution in [0.15, 0.2) is 35.4 Å². The number of nitrogens with zero attached hydrogens (tertiary/aromatic N) is 3. The predicted octanol–water partition coefficient (Wildman–Crippen LogP) is 4.75. The van der Waals surface area contributed by atoms with Crippen molar-refractivity contribution in [1.29, 1.82) is 5.26 Å². The molecule has 0 radical (unpaired) electrons. The molecule has 2 aliphatic carbocycles. The Hall–Kier alpha value is -2.29. The third-order valence-corrected chi connectivity index (χ3v) is 8.38. The van der Waals surface area contributed by atoms with Crippen molar-refractivity contribution in [3.63, 3.8) is 0 Å². The van der Waals surface area contributed by atoms with Crippen molar-refractivity contribution >= 4 is 38.9 Å². The summed E-state index contributed by atoms with van der Waals surface area (Å²) in [6.07, 6.45) is -0.611. The molecule has 2 saturated carbocycles. The van der Waals surface area contributed by atoms with Gasteiger partial charge in [0.2, 0.25) is 5.91 Å². The number of benzene rings is 1. The van der Waals surface area contributed by atoms with E-state index in [0.29, 0.717) is 24.0 Å². The Morgan fingerprint density at radius 1 is 1.25 bits per heavy atom. The predicted molar refractivity (Wildman–Crippen MR) is 127 cm³/mol. The van der Waals surface area contributed by atoms with Crippen LogP contribution in [-0.2, 0) is 21.2 Å². The highest BCUT2D eigenvalue weighted by Crippen LogP contribution is 2.49. The molecule has 1 heterocycles. The molecule has 0 bridgehead atoms. The van der Waals surface area contributed by atoms with Crippen LogP contribution in [0, 0.1) is 17.2 Å². The van der Waals surface area contributed by atoms with E-state index in [0.717, 1.165) is 10.9 Å². The molecule has 1 N–H and O–H groups in total. The summed E-state index contributed by atoms with van der Waals surface area (Å²) < 4.78 is 62.8. The first-order valence-electron chi connectivity index (χ1n) is 11.2. The van der Waals surface area contributed by atoms with E-state index in [2.05, 4.69) is 16.5 Å². The molecule has 13 heteroatoms. The average molecular weight is 563 g/mol. The van der Waals surface area contributed by atoms with Crippen LogP contribution >= 0.6 is 23.2 Å². The number of nitriles is 1. The molecule has 0 saturated heterocycles. The minimum Gasteiger partial charge on any atom is -0.338 e. The molecule has 7 nitrogen and oxygen atoms in total. The lowest BCUT2D eigenvalue weighted by Crippen LogP contribution is -2.45. The van der Waals surface area contributed by atoms with Gasteiger partial charge in [0.1, 0.15) is 16.4 Å². The Labute approximate surface area is 216 Å². The van der Waals surface area contributed by atoms with Crippen LogP contribution in [0.2, 0.25) is 0 Å². The largest absolute Gasteiger partial charge is 0.408 e. The van der Waals surface area contributed by atoms with E-state index in [4.69, 9.17) is 23.2 Å². The standard InChI is InChI=1S/C23H23Cl2F3N4O3S/c1-36(34,35)15-4-2-14(3-5-15)18-11-32(13-23(26,27)28)31-19(18)16-6-7-22(24,25)10-17(16)20(33)30-21(12-29)8-9-21/h2-5,11,16-17H,6-10,13H2,1H3,(H,30,33). The molecule has 2 aliphatic rings. The van der Waals surface area contributed by atoms with E-state index >= 15 is 0 Å². The molecular weight excluding hydrogens is 540 g/mol. The second-order valence-electron chi connectivity index (χ2n) is 9.53. The van der Waals surface area contributed by atoms with Gasteiger partial charge in [-0.15, -0.1) is 23.2 Å². The molecule has 0 aliphatic heterocycles. The van der Waals surface area contributed by atoms with E-state index < -0.39 is 50.2 Å². The number of carbonyl (C=O) groups is 1. The highest BCUT2D eigenvalue weighted by molar-refractivity contribution is 7.90. The van der Waals surface area contributed by atoms with Crippen molar-refractivity contribution in [3.05, 3.63) is 36.2 Å². The monoisotopic (exact) mass is 562 g/mol. The summed E-state index contributed by atoms with van der Waals surface area (Å²) >= 11 is 12.8. The van der Waals surface area contributed by atoms with Gasteiger partial charge in [-0.2, -0.15) is 23.5 Å². The Morgan fingerprint density at radius 3 is 2.42 bits per heavy atom. The highest BCUT2D eigenvalue weighted by atomic mass is 35.5. The van der Waals surface area contributed by atoms with Crippen molar-refractivity contribution in [2.45, 2.75) is 65.5 Å². The molecule has 0 spiro atoms. The Bertz CT molecular complexity index is 1310. The van der Waals surface area contributed by atoms with Crippen LogP contribution in [0.25, 0.3) is 11.1 Å². The third-order valence-electron chi connectivity index (χ3n) is 6.56. The van der Waals surface area contributed by atoms with Gasteiger partial charge >= 0.3 is 6.18 Å². The smallest absolute Gasteiger partial charge is 0.338 e. The fourth-order valence-corrected chi connectivity index (χ4v) is 5.72. The third kappa shape index (κ3) is 5.98. The number of alkyl halides is 5. The van der Waals surface area contributed by atoms with Gasteiger partial charge < -0.3 is 5.32 Å². The number of halogens is 5. The maximum absolute atomic E-state index is 13.3. The molecule has 2 atom stereocenters. The fourth-order valence-electron chi connectivity index (χ4n) is 4.53. The minimum atomic E-state index is -4.53. The Kier molecular flexibility index (Phi) is 6.86. The van der Waals surface area contributed by atoms with Gasteiger partial charge in [-0.05, 0) is 49.8 Å². The molecule has 2 aromatic rings. The van der Waals surface area contributed by atoms with E-state index in [9.17, 15) is 31.6 Å².